The van der Waals surface area contributed by atoms with Crippen LogP contribution in [0, 0.1) is 5.41 Å². The SMILES string of the molecule is O=[S@@]1CN(C2(CO)CCC2)c2nc(N3CC4(CCC(c5ccc(Cl)cc5)CC4)C3)ncc21. The van der Waals surface area contributed by atoms with Crippen LogP contribution in [-0.4, -0.2) is 50.4 Å². The second-order valence-electron chi connectivity index (χ2n) is 10.2. The van der Waals surface area contributed by atoms with Gasteiger partial charge in [-0.05, 0) is 68.6 Å². The van der Waals surface area contributed by atoms with E-state index in [9.17, 15) is 9.32 Å². The first-order valence-electron chi connectivity index (χ1n) is 11.7. The molecule has 2 aliphatic heterocycles. The minimum Gasteiger partial charge on any atom is -0.394 e. The van der Waals surface area contributed by atoms with Gasteiger partial charge in [0.25, 0.3) is 0 Å². The highest BCUT2D eigenvalue weighted by Crippen LogP contribution is 2.50. The molecular weight excluding hydrogens is 444 g/mol. The summed E-state index contributed by atoms with van der Waals surface area (Å²) in [7, 11) is -1.12. The molecule has 3 fully saturated rings. The molecule has 0 bridgehead atoms. The lowest BCUT2D eigenvalue weighted by molar-refractivity contribution is 0.119. The van der Waals surface area contributed by atoms with Gasteiger partial charge in [-0.25, -0.2) is 4.98 Å². The Morgan fingerprint density at radius 1 is 1.12 bits per heavy atom. The third-order valence-corrected chi connectivity index (χ3v) is 9.87. The minimum absolute atomic E-state index is 0.0879. The predicted molar refractivity (Wildman–Crippen MR) is 127 cm³/mol. The molecule has 8 heteroatoms. The Morgan fingerprint density at radius 2 is 1.84 bits per heavy atom. The Hall–Kier alpha value is -1.70. The highest BCUT2D eigenvalue weighted by Gasteiger charge is 2.49. The van der Waals surface area contributed by atoms with Gasteiger partial charge in [0.2, 0.25) is 5.95 Å². The molecule has 1 spiro atoms. The molecule has 1 saturated heterocycles. The van der Waals surface area contributed by atoms with Crippen LogP contribution >= 0.6 is 11.6 Å². The molecule has 2 saturated carbocycles. The lowest BCUT2D eigenvalue weighted by Gasteiger charge is -2.53. The van der Waals surface area contributed by atoms with Gasteiger partial charge in [0.05, 0.1) is 29.1 Å². The van der Waals surface area contributed by atoms with Crippen molar-refractivity contribution in [2.24, 2.45) is 5.41 Å². The van der Waals surface area contributed by atoms with Gasteiger partial charge in [-0.15, -0.1) is 0 Å². The fourth-order valence-corrected chi connectivity index (χ4v) is 7.51. The number of halogens is 1. The number of hydrogen-bond acceptors (Lipinski definition) is 6. The van der Waals surface area contributed by atoms with E-state index in [1.54, 1.807) is 6.20 Å². The number of rotatable bonds is 4. The fraction of sp³-hybridized carbons (Fsp3) is 0.583. The zero-order chi connectivity index (χ0) is 21.9. The van der Waals surface area contributed by atoms with Crippen LogP contribution in [0.15, 0.2) is 35.4 Å². The van der Waals surface area contributed by atoms with E-state index in [-0.39, 0.29) is 12.1 Å². The normalized spacial score (nSPS) is 26.0. The maximum Gasteiger partial charge on any atom is 0.227 e. The fourth-order valence-electron chi connectivity index (χ4n) is 6.09. The average Bonchev–Trinajstić information content (AvgIpc) is 3.09. The Kier molecular flexibility index (Phi) is 5.01. The van der Waals surface area contributed by atoms with Crippen molar-refractivity contribution >= 4 is 34.2 Å². The van der Waals surface area contributed by atoms with Gasteiger partial charge in [0.1, 0.15) is 10.8 Å². The zero-order valence-electron chi connectivity index (χ0n) is 18.2. The number of nitrogens with zero attached hydrogens (tertiary/aromatic N) is 4. The molecule has 2 aromatic rings. The molecule has 1 aromatic heterocycles. The zero-order valence-corrected chi connectivity index (χ0v) is 19.7. The first kappa shape index (κ1) is 20.9. The molecule has 6 nitrogen and oxygen atoms in total. The Balaban J connectivity index is 1.14. The molecule has 4 aliphatic rings. The highest BCUT2D eigenvalue weighted by molar-refractivity contribution is 7.85. The summed E-state index contributed by atoms with van der Waals surface area (Å²) in [6.45, 7) is 2.07. The molecule has 1 aromatic carbocycles. The molecule has 0 amide bonds. The van der Waals surface area contributed by atoms with Crippen LogP contribution < -0.4 is 9.80 Å². The van der Waals surface area contributed by atoms with Crippen LogP contribution in [0.25, 0.3) is 0 Å². The first-order chi connectivity index (χ1) is 15.5. The Morgan fingerprint density at radius 3 is 2.47 bits per heavy atom. The van der Waals surface area contributed by atoms with Crippen LogP contribution in [-0.2, 0) is 10.8 Å². The number of hydrogen-bond donors (Lipinski definition) is 1. The van der Waals surface area contributed by atoms with E-state index in [1.165, 1.54) is 31.2 Å². The summed E-state index contributed by atoms with van der Waals surface area (Å²) in [6, 6.07) is 8.34. The van der Waals surface area contributed by atoms with Gasteiger partial charge in [-0.3, -0.25) is 4.21 Å². The van der Waals surface area contributed by atoms with Crippen LogP contribution in [0.5, 0.6) is 0 Å². The largest absolute Gasteiger partial charge is 0.394 e. The Labute approximate surface area is 196 Å². The number of aliphatic hydroxyl groups excluding tert-OH is 1. The second-order valence-corrected chi connectivity index (χ2v) is 12.0. The molecule has 2 aliphatic carbocycles. The van der Waals surface area contributed by atoms with Gasteiger partial charge >= 0.3 is 0 Å². The van der Waals surface area contributed by atoms with Crippen molar-refractivity contribution in [1.29, 1.82) is 0 Å². The number of benzene rings is 1. The van der Waals surface area contributed by atoms with Crippen LogP contribution in [0.4, 0.5) is 11.8 Å². The predicted octanol–water partition coefficient (Wildman–Crippen LogP) is 4.09. The quantitative estimate of drug-likeness (QED) is 0.722. The van der Waals surface area contributed by atoms with Crippen LogP contribution in [0.3, 0.4) is 0 Å². The second kappa shape index (κ2) is 7.67. The van der Waals surface area contributed by atoms with Crippen molar-refractivity contribution in [1.82, 2.24) is 9.97 Å². The van der Waals surface area contributed by atoms with Gasteiger partial charge in [0.15, 0.2) is 5.82 Å². The van der Waals surface area contributed by atoms with E-state index in [1.807, 2.05) is 12.1 Å². The highest BCUT2D eigenvalue weighted by atomic mass is 35.5. The number of anilines is 2. The van der Waals surface area contributed by atoms with Gasteiger partial charge < -0.3 is 14.9 Å². The van der Waals surface area contributed by atoms with Crippen LogP contribution in [0.1, 0.15) is 56.4 Å². The molecule has 170 valence electrons. The summed E-state index contributed by atoms with van der Waals surface area (Å²) >= 11 is 6.05. The van der Waals surface area contributed by atoms with Crippen molar-refractivity contribution in [3.05, 3.63) is 41.0 Å². The monoisotopic (exact) mass is 472 g/mol. The van der Waals surface area contributed by atoms with E-state index in [0.29, 0.717) is 22.1 Å². The van der Waals surface area contributed by atoms with Crippen molar-refractivity contribution in [2.75, 3.05) is 35.4 Å². The smallest absolute Gasteiger partial charge is 0.227 e. The minimum atomic E-state index is -1.12. The number of fused-ring (bicyclic) bond motifs is 1. The maximum atomic E-state index is 12.6. The molecule has 3 heterocycles. The lowest BCUT2D eigenvalue weighted by Crippen LogP contribution is -2.58. The van der Waals surface area contributed by atoms with Crippen LogP contribution in [0.2, 0.25) is 5.02 Å². The van der Waals surface area contributed by atoms with E-state index in [2.05, 4.69) is 26.9 Å². The average molecular weight is 473 g/mol. The van der Waals surface area contributed by atoms with E-state index in [0.717, 1.165) is 49.1 Å². The van der Waals surface area contributed by atoms with E-state index >= 15 is 0 Å². The molecule has 0 radical (unpaired) electrons. The van der Waals surface area contributed by atoms with E-state index in [4.69, 9.17) is 16.6 Å². The van der Waals surface area contributed by atoms with Gasteiger partial charge in [-0.1, -0.05) is 23.7 Å². The summed E-state index contributed by atoms with van der Waals surface area (Å²) in [6.07, 6.45) is 9.60. The third kappa shape index (κ3) is 3.27. The standard InChI is InChI=1S/C24H29ClN4O2S/c25-19-4-2-17(3-5-19)18-6-10-23(11-7-18)13-28(14-23)22-26-12-20-21(27-22)29(16-32(20)31)24(15-30)8-1-9-24/h2-5,12,18,30H,1,6-11,13-16H2/t32-/m1/s1. The molecule has 1 atom stereocenters. The summed E-state index contributed by atoms with van der Waals surface area (Å²) < 4.78 is 12.6. The van der Waals surface area contributed by atoms with Crippen molar-refractivity contribution in [3.8, 4) is 0 Å². The summed E-state index contributed by atoms with van der Waals surface area (Å²) in [4.78, 5) is 14.5. The van der Waals surface area contributed by atoms with Crippen molar-refractivity contribution < 1.29 is 9.32 Å². The van der Waals surface area contributed by atoms with Gasteiger partial charge in [0, 0.05) is 23.5 Å². The van der Waals surface area contributed by atoms with Crippen molar-refractivity contribution in [2.45, 2.75) is 61.3 Å². The number of aromatic nitrogens is 2. The topological polar surface area (TPSA) is 69.6 Å². The molecular formula is C24H29ClN4O2S. The van der Waals surface area contributed by atoms with E-state index < -0.39 is 10.8 Å². The summed E-state index contributed by atoms with van der Waals surface area (Å²) in [5.74, 6) is 2.56. The van der Waals surface area contributed by atoms with Gasteiger partial charge in [-0.2, -0.15) is 4.98 Å². The number of aliphatic hydroxyl groups is 1. The molecule has 1 N–H and O–H groups in total. The lowest BCUT2D eigenvalue weighted by atomic mass is 9.65. The summed E-state index contributed by atoms with van der Waals surface area (Å²) in [5.41, 5.74) is 1.49. The molecule has 0 unspecified atom stereocenters. The summed E-state index contributed by atoms with van der Waals surface area (Å²) in [5, 5.41) is 10.8. The Bertz CT molecular complexity index is 1040. The third-order valence-electron chi connectivity index (χ3n) is 8.35. The maximum absolute atomic E-state index is 12.6. The molecule has 32 heavy (non-hydrogen) atoms. The molecule has 6 rings (SSSR count). The first-order valence-corrected chi connectivity index (χ1v) is 13.4. The van der Waals surface area contributed by atoms with Crippen molar-refractivity contribution in [3.63, 3.8) is 0 Å².